The van der Waals surface area contributed by atoms with Crippen molar-refractivity contribution in [2.75, 3.05) is 7.11 Å². The fourth-order valence-corrected chi connectivity index (χ4v) is 2.61. The lowest BCUT2D eigenvalue weighted by molar-refractivity contribution is 0.120. The first-order valence-corrected chi connectivity index (χ1v) is 8.35. The number of rotatable bonds is 6. The summed E-state index contributed by atoms with van der Waals surface area (Å²) in [5.74, 6) is 0.379. The Labute approximate surface area is 151 Å². The van der Waals surface area contributed by atoms with E-state index < -0.39 is 6.16 Å². The third kappa shape index (κ3) is 4.63. The predicted molar refractivity (Wildman–Crippen MR) is 94.0 cm³/mol. The van der Waals surface area contributed by atoms with Crippen LogP contribution in [-0.4, -0.2) is 13.3 Å². The highest BCUT2D eigenvalue weighted by atomic mass is 35.5. The van der Waals surface area contributed by atoms with Gasteiger partial charge in [0.15, 0.2) is 0 Å². The number of ether oxygens (including phenoxy) is 3. The normalized spacial score (nSPS) is 10.4. The smallest absolute Gasteiger partial charge is 0.488 e. The molecular weight excluding hydrogens is 347 g/mol. The molecule has 0 atom stereocenters. The molecule has 0 saturated carbocycles. The van der Waals surface area contributed by atoms with E-state index in [1.54, 1.807) is 18.2 Å². The third-order valence-electron chi connectivity index (χ3n) is 3.80. The highest BCUT2D eigenvalue weighted by molar-refractivity contribution is 6.31. The first-order chi connectivity index (χ1) is 12.0. The van der Waals surface area contributed by atoms with Crippen LogP contribution in [-0.2, 0) is 24.2 Å². The van der Waals surface area contributed by atoms with Crippen molar-refractivity contribution in [3.05, 3.63) is 57.9 Å². The van der Waals surface area contributed by atoms with Gasteiger partial charge in [0.2, 0.25) is 0 Å². The van der Waals surface area contributed by atoms with Crippen molar-refractivity contribution in [1.29, 1.82) is 0 Å². The molecule has 0 saturated heterocycles. The molecule has 0 radical (unpaired) electrons. The van der Waals surface area contributed by atoms with Crippen LogP contribution < -0.4 is 9.47 Å². The van der Waals surface area contributed by atoms with Gasteiger partial charge in [-0.3, -0.25) is 0 Å². The van der Waals surface area contributed by atoms with Gasteiger partial charge in [-0.2, -0.15) is 0 Å². The lowest BCUT2D eigenvalue weighted by atomic mass is 10.1. The molecule has 0 bridgehead atoms. The number of hydrogen-bond acceptors (Lipinski definition) is 4. The number of carbonyl (C=O) groups excluding carboxylic acids is 1. The number of carbonyl (C=O) groups is 1. The van der Waals surface area contributed by atoms with E-state index in [-0.39, 0.29) is 18.2 Å². The Morgan fingerprint density at radius 2 is 1.84 bits per heavy atom. The molecule has 0 spiro atoms. The van der Waals surface area contributed by atoms with Crippen LogP contribution in [0, 0.1) is 5.82 Å². The summed E-state index contributed by atoms with van der Waals surface area (Å²) >= 11 is 6.19. The summed E-state index contributed by atoms with van der Waals surface area (Å²) in [6, 6.07) is 8.09. The number of benzene rings is 2. The summed E-state index contributed by atoms with van der Waals surface area (Å²) in [6.07, 6.45) is 0.466. The van der Waals surface area contributed by atoms with Gasteiger partial charge in [0.1, 0.15) is 23.9 Å². The van der Waals surface area contributed by atoms with Crippen LogP contribution in [0.1, 0.15) is 30.5 Å². The van der Waals surface area contributed by atoms with E-state index in [0.29, 0.717) is 34.7 Å². The SMILES string of the molecule is CCc1cc(CC)c(OCc2c(Cl)cccc2OC(=O)OC)cc1F. The second-order valence-electron chi connectivity index (χ2n) is 5.32. The van der Waals surface area contributed by atoms with E-state index in [4.69, 9.17) is 21.1 Å². The van der Waals surface area contributed by atoms with Crippen molar-refractivity contribution in [3.8, 4) is 11.5 Å². The summed E-state index contributed by atoms with van der Waals surface area (Å²) in [6.45, 7) is 3.91. The summed E-state index contributed by atoms with van der Waals surface area (Å²) in [5, 5.41) is 0.380. The molecule has 0 fully saturated rings. The molecule has 0 aliphatic rings. The maximum Gasteiger partial charge on any atom is 0.513 e. The average molecular weight is 367 g/mol. The van der Waals surface area contributed by atoms with E-state index >= 15 is 0 Å². The molecule has 4 nitrogen and oxygen atoms in total. The Hall–Kier alpha value is -2.27. The van der Waals surface area contributed by atoms with Crippen LogP contribution in [0.2, 0.25) is 5.02 Å². The number of hydrogen-bond donors (Lipinski definition) is 0. The van der Waals surface area contributed by atoms with Crippen molar-refractivity contribution in [2.24, 2.45) is 0 Å². The Morgan fingerprint density at radius 3 is 2.48 bits per heavy atom. The Kier molecular flexibility index (Phi) is 6.65. The van der Waals surface area contributed by atoms with E-state index in [1.165, 1.54) is 13.2 Å². The van der Waals surface area contributed by atoms with Gasteiger partial charge in [-0.25, -0.2) is 9.18 Å². The lowest BCUT2D eigenvalue weighted by Gasteiger charge is -2.15. The first kappa shape index (κ1) is 19.1. The Morgan fingerprint density at radius 1 is 1.12 bits per heavy atom. The van der Waals surface area contributed by atoms with Gasteiger partial charge >= 0.3 is 6.16 Å². The molecule has 6 heteroatoms. The molecule has 25 heavy (non-hydrogen) atoms. The molecule has 0 unspecified atom stereocenters. The van der Waals surface area contributed by atoms with Gasteiger partial charge in [-0.15, -0.1) is 0 Å². The molecule has 2 aromatic carbocycles. The van der Waals surface area contributed by atoms with Crippen LogP contribution in [0.4, 0.5) is 9.18 Å². The average Bonchev–Trinajstić information content (AvgIpc) is 2.61. The molecule has 2 rings (SSSR count). The zero-order valence-corrected chi connectivity index (χ0v) is 15.2. The minimum absolute atomic E-state index is 0.0317. The molecule has 0 amide bonds. The van der Waals surface area contributed by atoms with Gasteiger partial charge in [0, 0.05) is 6.07 Å². The van der Waals surface area contributed by atoms with E-state index in [2.05, 4.69) is 4.74 Å². The van der Waals surface area contributed by atoms with Crippen LogP contribution in [0.15, 0.2) is 30.3 Å². The van der Waals surface area contributed by atoms with Crippen LogP contribution in [0.3, 0.4) is 0 Å². The Balaban J connectivity index is 2.27. The number of aryl methyl sites for hydroxylation is 2. The molecule has 0 N–H and O–H groups in total. The van der Waals surface area contributed by atoms with Crippen molar-refractivity contribution in [1.82, 2.24) is 0 Å². The zero-order chi connectivity index (χ0) is 18.4. The quantitative estimate of drug-likeness (QED) is 0.512. The Bertz CT molecular complexity index is 761. The highest BCUT2D eigenvalue weighted by Crippen LogP contribution is 2.30. The number of halogens is 2. The number of methoxy groups -OCH3 is 1. The monoisotopic (exact) mass is 366 g/mol. The predicted octanol–water partition coefficient (Wildman–Crippen LogP) is 5.33. The molecular formula is C19H20ClFO4. The van der Waals surface area contributed by atoms with Gasteiger partial charge < -0.3 is 14.2 Å². The third-order valence-corrected chi connectivity index (χ3v) is 4.15. The lowest BCUT2D eigenvalue weighted by Crippen LogP contribution is -2.10. The zero-order valence-electron chi connectivity index (χ0n) is 14.4. The fraction of sp³-hybridized carbons (Fsp3) is 0.316. The summed E-state index contributed by atoms with van der Waals surface area (Å²) in [7, 11) is 1.22. The largest absolute Gasteiger partial charge is 0.513 e. The summed E-state index contributed by atoms with van der Waals surface area (Å²) in [4.78, 5) is 11.4. The van der Waals surface area contributed by atoms with Crippen molar-refractivity contribution < 1.29 is 23.4 Å². The van der Waals surface area contributed by atoms with Crippen LogP contribution in [0.5, 0.6) is 11.5 Å². The van der Waals surface area contributed by atoms with Crippen molar-refractivity contribution in [3.63, 3.8) is 0 Å². The van der Waals surface area contributed by atoms with Gasteiger partial charge in [-0.05, 0) is 42.2 Å². The summed E-state index contributed by atoms with van der Waals surface area (Å²) in [5.41, 5.74) is 2.04. The summed E-state index contributed by atoms with van der Waals surface area (Å²) < 4.78 is 29.4. The molecule has 0 aliphatic heterocycles. The first-order valence-electron chi connectivity index (χ1n) is 7.97. The minimum atomic E-state index is -0.851. The van der Waals surface area contributed by atoms with E-state index in [9.17, 15) is 9.18 Å². The second kappa shape index (κ2) is 8.72. The van der Waals surface area contributed by atoms with E-state index in [0.717, 1.165) is 5.56 Å². The highest BCUT2D eigenvalue weighted by Gasteiger charge is 2.15. The topological polar surface area (TPSA) is 44.8 Å². The standard InChI is InChI=1S/C19H20ClFO4/c1-4-12-9-13(5-2)18(10-16(12)21)24-11-14-15(20)7-6-8-17(14)25-19(22)23-3/h6-10H,4-5,11H2,1-3H3. The maximum atomic E-state index is 14.1. The van der Waals surface area contributed by atoms with Gasteiger partial charge in [-0.1, -0.05) is 31.5 Å². The molecule has 0 heterocycles. The van der Waals surface area contributed by atoms with Gasteiger partial charge in [0.05, 0.1) is 17.7 Å². The van der Waals surface area contributed by atoms with Crippen molar-refractivity contribution >= 4 is 17.8 Å². The molecule has 0 aliphatic carbocycles. The minimum Gasteiger partial charge on any atom is -0.488 e. The maximum absolute atomic E-state index is 14.1. The fourth-order valence-electron chi connectivity index (χ4n) is 2.39. The molecule has 0 aromatic heterocycles. The van der Waals surface area contributed by atoms with Crippen LogP contribution >= 0.6 is 11.6 Å². The van der Waals surface area contributed by atoms with E-state index in [1.807, 2.05) is 19.9 Å². The second-order valence-corrected chi connectivity index (χ2v) is 5.73. The van der Waals surface area contributed by atoms with Gasteiger partial charge in [0.25, 0.3) is 0 Å². The molecule has 2 aromatic rings. The van der Waals surface area contributed by atoms with Crippen LogP contribution in [0.25, 0.3) is 0 Å². The van der Waals surface area contributed by atoms with Crippen molar-refractivity contribution in [2.45, 2.75) is 33.3 Å². The molecule has 134 valence electrons.